The average molecular weight is 256 g/mol. The third kappa shape index (κ3) is 5.79. The van der Waals surface area contributed by atoms with E-state index >= 15 is 0 Å². The number of ether oxygens (including phenoxy) is 1. The minimum Gasteiger partial charge on any atom is -0.476 e. The van der Waals surface area contributed by atoms with Crippen molar-refractivity contribution in [3.8, 4) is 0 Å². The van der Waals surface area contributed by atoms with Crippen LogP contribution in [0.25, 0.3) is 0 Å². The number of carboxylic acid groups (broad SMARTS) is 1. The second-order valence-electron chi connectivity index (χ2n) is 4.48. The van der Waals surface area contributed by atoms with Gasteiger partial charge in [0.1, 0.15) is 0 Å². The first-order valence-corrected chi connectivity index (χ1v) is 6.07. The number of carboxylic acids is 1. The van der Waals surface area contributed by atoms with Crippen molar-refractivity contribution >= 4 is 5.97 Å². The maximum Gasteiger partial charge on any atom is 0.358 e. The van der Waals surface area contributed by atoms with Gasteiger partial charge in [0.2, 0.25) is 0 Å². The maximum atomic E-state index is 10.6. The van der Waals surface area contributed by atoms with E-state index in [0.717, 1.165) is 26.2 Å². The van der Waals surface area contributed by atoms with Gasteiger partial charge >= 0.3 is 5.97 Å². The Hall–Kier alpha value is -1.40. The molecule has 0 atom stereocenters. The molecule has 1 rings (SSSR count). The van der Waals surface area contributed by atoms with E-state index in [0.29, 0.717) is 18.2 Å². The number of aromatic carboxylic acids is 1. The van der Waals surface area contributed by atoms with Gasteiger partial charge in [-0.25, -0.2) is 4.79 Å². The summed E-state index contributed by atoms with van der Waals surface area (Å²) < 4.78 is 10.3. The Morgan fingerprint density at radius 3 is 3.00 bits per heavy atom. The Bertz CT molecular complexity index is 363. The minimum absolute atomic E-state index is 0.0629. The zero-order chi connectivity index (χ0) is 13.4. The van der Waals surface area contributed by atoms with E-state index in [1.165, 1.54) is 6.07 Å². The van der Waals surface area contributed by atoms with Crippen LogP contribution in [0.15, 0.2) is 10.6 Å². The summed E-state index contributed by atoms with van der Waals surface area (Å²) in [5.74, 6) is 0.00387. The van der Waals surface area contributed by atoms with Crippen LogP contribution >= 0.6 is 0 Å². The summed E-state index contributed by atoms with van der Waals surface area (Å²) in [5, 5.41) is 15.2. The second-order valence-corrected chi connectivity index (χ2v) is 4.48. The van der Waals surface area contributed by atoms with Crippen LogP contribution < -0.4 is 5.32 Å². The number of hydrogen-bond acceptors (Lipinski definition) is 5. The van der Waals surface area contributed by atoms with E-state index in [-0.39, 0.29) is 5.69 Å². The highest BCUT2D eigenvalue weighted by atomic mass is 16.5. The standard InChI is InChI=1S/C12H20N2O4/c1-9(2)8-17-5-3-4-13-7-10-6-11(12(15)16)14-18-10/h6,9,13H,3-5,7-8H2,1-2H3,(H,15,16). The molecule has 0 aliphatic heterocycles. The SMILES string of the molecule is CC(C)COCCCNCc1cc(C(=O)O)no1. The molecule has 0 spiro atoms. The lowest BCUT2D eigenvalue weighted by Gasteiger charge is -2.06. The Morgan fingerprint density at radius 1 is 1.61 bits per heavy atom. The fourth-order valence-corrected chi connectivity index (χ4v) is 1.33. The number of nitrogens with zero attached hydrogens (tertiary/aromatic N) is 1. The van der Waals surface area contributed by atoms with E-state index in [9.17, 15) is 4.79 Å². The quantitative estimate of drug-likeness (QED) is 0.652. The number of aromatic nitrogens is 1. The molecule has 1 aromatic heterocycles. The predicted molar refractivity (Wildman–Crippen MR) is 65.4 cm³/mol. The van der Waals surface area contributed by atoms with Gasteiger partial charge in [-0.3, -0.25) is 0 Å². The molecule has 0 radical (unpaired) electrons. The van der Waals surface area contributed by atoms with Gasteiger partial charge in [0.25, 0.3) is 0 Å². The minimum atomic E-state index is -1.08. The number of hydrogen-bond donors (Lipinski definition) is 2. The van der Waals surface area contributed by atoms with Crippen molar-refractivity contribution in [2.45, 2.75) is 26.8 Å². The highest BCUT2D eigenvalue weighted by Crippen LogP contribution is 2.02. The van der Waals surface area contributed by atoms with E-state index < -0.39 is 5.97 Å². The van der Waals surface area contributed by atoms with Crippen LogP contribution in [-0.2, 0) is 11.3 Å². The Labute approximate surface area is 106 Å². The summed E-state index contributed by atoms with van der Waals surface area (Å²) in [4.78, 5) is 10.6. The largest absolute Gasteiger partial charge is 0.476 e. The van der Waals surface area contributed by atoms with Gasteiger partial charge in [0.05, 0.1) is 6.54 Å². The zero-order valence-electron chi connectivity index (χ0n) is 10.8. The first-order chi connectivity index (χ1) is 8.59. The van der Waals surface area contributed by atoms with Crippen LogP contribution in [0.4, 0.5) is 0 Å². The highest BCUT2D eigenvalue weighted by Gasteiger charge is 2.09. The van der Waals surface area contributed by atoms with Crippen molar-refractivity contribution in [3.63, 3.8) is 0 Å². The van der Waals surface area contributed by atoms with Gasteiger partial charge in [-0.15, -0.1) is 0 Å². The van der Waals surface area contributed by atoms with Gasteiger partial charge in [-0.1, -0.05) is 19.0 Å². The Kier molecular flexibility index (Phi) is 6.38. The van der Waals surface area contributed by atoms with Crippen molar-refractivity contribution in [1.82, 2.24) is 10.5 Å². The van der Waals surface area contributed by atoms with Crippen LogP contribution in [0.2, 0.25) is 0 Å². The second kappa shape index (κ2) is 7.84. The summed E-state index contributed by atoms with van der Waals surface area (Å²) in [7, 11) is 0. The summed E-state index contributed by atoms with van der Waals surface area (Å²) in [6.07, 6.45) is 0.909. The van der Waals surface area contributed by atoms with E-state index in [1.807, 2.05) is 0 Å². The molecule has 0 saturated heterocycles. The van der Waals surface area contributed by atoms with Gasteiger partial charge in [0.15, 0.2) is 11.5 Å². The summed E-state index contributed by atoms with van der Waals surface area (Å²) in [6.45, 7) is 7.00. The first-order valence-electron chi connectivity index (χ1n) is 6.07. The molecule has 0 amide bonds. The molecule has 6 heteroatoms. The average Bonchev–Trinajstić information content (AvgIpc) is 2.76. The van der Waals surface area contributed by atoms with Crippen molar-refractivity contribution in [2.24, 2.45) is 5.92 Å². The van der Waals surface area contributed by atoms with Gasteiger partial charge < -0.3 is 19.7 Å². The van der Waals surface area contributed by atoms with Crippen molar-refractivity contribution in [3.05, 3.63) is 17.5 Å². The van der Waals surface area contributed by atoms with Crippen LogP contribution in [-0.4, -0.2) is 36.0 Å². The number of nitrogens with one attached hydrogen (secondary N) is 1. The lowest BCUT2D eigenvalue weighted by atomic mass is 10.2. The van der Waals surface area contributed by atoms with Crippen molar-refractivity contribution in [1.29, 1.82) is 0 Å². The molecular formula is C12H20N2O4. The fourth-order valence-electron chi connectivity index (χ4n) is 1.33. The molecule has 0 saturated carbocycles. The van der Waals surface area contributed by atoms with Crippen LogP contribution in [0.1, 0.15) is 36.5 Å². The predicted octanol–water partition coefficient (Wildman–Crippen LogP) is 1.53. The Morgan fingerprint density at radius 2 is 2.39 bits per heavy atom. The molecule has 0 aliphatic rings. The van der Waals surface area contributed by atoms with Crippen molar-refractivity contribution in [2.75, 3.05) is 19.8 Å². The first kappa shape index (κ1) is 14.7. The number of rotatable bonds is 9. The van der Waals surface area contributed by atoms with Crippen molar-refractivity contribution < 1.29 is 19.2 Å². The molecule has 1 aromatic rings. The van der Waals surface area contributed by atoms with Crippen LogP contribution in [0, 0.1) is 5.92 Å². The molecule has 0 aromatic carbocycles. The third-order valence-corrected chi connectivity index (χ3v) is 2.17. The number of carbonyl (C=O) groups is 1. The third-order valence-electron chi connectivity index (χ3n) is 2.17. The molecular weight excluding hydrogens is 236 g/mol. The highest BCUT2D eigenvalue weighted by molar-refractivity contribution is 5.85. The molecule has 18 heavy (non-hydrogen) atoms. The van der Waals surface area contributed by atoms with E-state index in [1.54, 1.807) is 0 Å². The molecule has 2 N–H and O–H groups in total. The lowest BCUT2D eigenvalue weighted by molar-refractivity contribution is 0.0685. The lowest BCUT2D eigenvalue weighted by Crippen LogP contribution is -2.16. The molecule has 0 bridgehead atoms. The molecule has 102 valence electrons. The fraction of sp³-hybridized carbons (Fsp3) is 0.667. The van der Waals surface area contributed by atoms with Crippen LogP contribution in [0.5, 0.6) is 0 Å². The summed E-state index contributed by atoms with van der Waals surface area (Å²) >= 11 is 0. The van der Waals surface area contributed by atoms with Gasteiger partial charge in [-0.2, -0.15) is 0 Å². The Balaban J connectivity index is 2.05. The van der Waals surface area contributed by atoms with Gasteiger partial charge in [-0.05, 0) is 18.9 Å². The summed E-state index contributed by atoms with van der Waals surface area (Å²) in [5.41, 5.74) is -0.0629. The van der Waals surface area contributed by atoms with E-state index in [4.69, 9.17) is 14.4 Å². The van der Waals surface area contributed by atoms with Crippen LogP contribution in [0.3, 0.4) is 0 Å². The molecule has 0 fully saturated rings. The summed E-state index contributed by atoms with van der Waals surface area (Å²) in [6, 6.07) is 1.42. The monoisotopic (exact) mass is 256 g/mol. The molecule has 1 heterocycles. The smallest absolute Gasteiger partial charge is 0.358 e. The molecule has 0 unspecified atom stereocenters. The normalized spacial score (nSPS) is 11.1. The zero-order valence-corrected chi connectivity index (χ0v) is 10.8. The maximum absolute atomic E-state index is 10.6. The molecule has 0 aliphatic carbocycles. The topological polar surface area (TPSA) is 84.6 Å². The van der Waals surface area contributed by atoms with E-state index in [2.05, 4.69) is 24.3 Å². The van der Waals surface area contributed by atoms with Gasteiger partial charge in [0, 0.05) is 19.3 Å². The molecule has 6 nitrogen and oxygen atoms in total.